The molecule has 0 aromatic carbocycles. The second-order valence-electron chi connectivity index (χ2n) is 4.55. The predicted molar refractivity (Wildman–Crippen MR) is 51.2 cm³/mol. The summed E-state index contributed by atoms with van der Waals surface area (Å²) in [6.07, 6.45) is 2.24. The van der Waals surface area contributed by atoms with Gasteiger partial charge in [0.1, 0.15) is 0 Å². The van der Waals surface area contributed by atoms with Crippen LogP contribution in [-0.4, -0.2) is 53.6 Å². The first kappa shape index (κ1) is 8.64. The minimum Gasteiger partial charge on any atom is -0.333 e. The van der Waals surface area contributed by atoms with Crippen molar-refractivity contribution in [3.8, 4) is 0 Å². The number of amides is 1. The first-order valence-electron chi connectivity index (χ1n) is 5.31. The summed E-state index contributed by atoms with van der Waals surface area (Å²) >= 11 is 0. The van der Waals surface area contributed by atoms with E-state index in [-0.39, 0.29) is 6.04 Å². The molecule has 0 aromatic heterocycles. The van der Waals surface area contributed by atoms with E-state index in [1.54, 1.807) is 0 Å². The van der Waals surface area contributed by atoms with Crippen LogP contribution in [0.3, 0.4) is 0 Å². The molecule has 5 heteroatoms. The summed E-state index contributed by atoms with van der Waals surface area (Å²) < 4.78 is 0. The standard InChI is InChI=1S/C9H16N4O/c10-12-4-6-1-2-7(5-12)13(6)9(14)8-3-11-8/h6-8,11H,1-5,10H2/t6?,7?,8-/m0/s1. The summed E-state index contributed by atoms with van der Waals surface area (Å²) in [5.41, 5.74) is 0. The molecule has 78 valence electrons. The molecule has 3 N–H and O–H groups in total. The Balaban J connectivity index is 1.77. The zero-order chi connectivity index (χ0) is 9.71. The van der Waals surface area contributed by atoms with Gasteiger partial charge in [0, 0.05) is 31.7 Å². The van der Waals surface area contributed by atoms with E-state index in [0.717, 1.165) is 32.5 Å². The van der Waals surface area contributed by atoms with E-state index in [9.17, 15) is 4.79 Å². The number of nitrogens with two attached hydrogens (primary N) is 1. The van der Waals surface area contributed by atoms with Gasteiger partial charge in [-0.3, -0.25) is 10.6 Å². The van der Waals surface area contributed by atoms with Gasteiger partial charge in [-0.2, -0.15) is 0 Å². The van der Waals surface area contributed by atoms with E-state index in [1.165, 1.54) is 0 Å². The molecule has 3 rings (SSSR count). The molecule has 3 saturated heterocycles. The highest BCUT2D eigenvalue weighted by molar-refractivity contribution is 5.85. The molecule has 3 heterocycles. The lowest BCUT2D eigenvalue weighted by Crippen LogP contribution is -2.58. The number of carbonyl (C=O) groups is 1. The van der Waals surface area contributed by atoms with Crippen molar-refractivity contribution in [3.05, 3.63) is 0 Å². The molecule has 5 nitrogen and oxygen atoms in total. The summed E-state index contributed by atoms with van der Waals surface area (Å²) in [6.45, 7) is 2.55. The van der Waals surface area contributed by atoms with Crippen molar-refractivity contribution in [1.29, 1.82) is 0 Å². The fourth-order valence-electron chi connectivity index (χ4n) is 2.71. The Morgan fingerprint density at radius 3 is 2.36 bits per heavy atom. The van der Waals surface area contributed by atoms with Crippen LogP contribution in [0.25, 0.3) is 0 Å². The number of nitrogens with one attached hydrogen (secondary N) is 1. The van der Waals surface area contributed by atoms with Crippen molar-refractivity contribution in [2.24, 2.45) is 5.84 Å². The van der Waals surface area contributed by atoms with E-state index in [0.29, 0.717) is 18.0 Å². The van der Waals surface area contributed by atoms with Gasteiger partial charge in [-0.25, -0.2) is 5.01 Å². The van der Waals surface area contributed by atoms with E-state index >= 15 is 0 Å². The van der Waals surface area contributed by atoms with Crippen LogP contribution in [0.15, 0.2) is 0 Å². The van der Waals surface area contributed by atoms with Gasteiger partial charge < -0.3 is 10.2 Å². The highest BCUT2D eigenvalue weighted by atomic mass is 16.2. The lowest BCUT2D eigenvalue weighted by atomic mass is 10.2. The number of hydrazine groups is 1. The molecule has 3 aliphatic heterocycles. The minimum absolute atomic E-state index is 0.113. The minimum atomic E-state index is 0.113. The van der Waals surface area contributed by atoms with Crippen LogP contribution in [-0.2, 0) is 4.79 Å². The molecule has 0 aliphatic carbocycles. The van der Waals surface area contributed by atoms with E-state index in [2.05, 4.69) is 10.2 Å². The number of rotatable bonds is 1. The van der Waals surface area contributed by atoms with Gasteiger partial charge in [0.25, 0.3) is 0 Å². The lowest BCUT2D eigenvalue weighted by Gasteiger charge is -2.39. The average molecular weight is 196 g/mol. The summed E-state index contributed by atoms with van der Waals surface area (Å²) in [6, 6.07) is 0.852. The molecule has 0 saturated carbocycles. The molecule has 3 atom stereocenters. The van der Waals surface area contributed by atoms with Gasteiger partial charge in [-0.15, -0.1) is 0 Å². The average Bonchev–Trinajstić information content (AvgIpc) is 2.92. The number of nitrogens with zero attached hydrogens (tertiary/aromatic N) is 2. The van der Waals surface area contributed by atoms with Crippen LogP contribution < -0.4 is 11.2 Å². The van der Waals surface area contributed by atoms with Crippen molar-refractivity contribution in [2.75, 3.05) is 19.6 Å². The van der Waals surface area contributed by atoms with Crippen molar-refractivity contribution in [3.63, 3.8) is 0 Å². The summed E-state index contributed by atoms with van der Waals surface area (Å²) in [4.78, 5) is 14.0. The van der Waals surface area contributed by atoms with Crippen LogP contribution in [0.4, 0.5) is 0 Å². The molecule has 2 bridgehead atoms. The molecule has 3 aliphatic rings. The maximum Gasteiger partial charge on any atom is 0.241 e. The second-order valence-corrected chi connectivity index (χ2v) is 4.55. The van der Waals surface area contributed by atoms with Crippen molar-refractivity contribution in [2.45, 2.75) is 31.0 Å². The van der Waals surface area contributed by atoms with Gasteiger partial charge in [0.2, 0.25) is 5.91 Å². The zero-order valence-electron chi connectivity index (χ0n) is 8.15. The summed E-state index contributed by atoms with van der Waals surface area (Å²) in [7, 11) is 0. The fourth-order valence-corrected chi connectivity index (χ4v) is 2.71. The van der Waals surface area contributed by atoms with E-state index < -0.39 is 0 Å². The number of fused-ring (bicyclic) bond motifs is 2. The number of hydrogen-bond donors (Lipinski definition) is 2. The number of piperazine rings is 1. The highest BCUT2D eigenvalue weighted by Gasteiger charge is 2.45. The monoisotopic (exact) mass is 196 g/mol. The summed E-state index contributed by atoms with van der Waals surface area (Å²) in [5, 5.41) is 4.93. The van der Waals surface area contributed by atoms with Gasteiger partial charge in [0.15, 0.2) is 0 Å². The lowest BCUT2D eigenvalue weighted by molar-refractivity contribution is -0.136. The van der Waals surface area contributed by atoms with Gasteiger partial charge in [-0.05, 0) is 12.8 Å². The predicted octanol–water partition coefficient (Wildman–Crippen LogP) is -1.49. The molecule has 0 spiro atoms. The first-order chi connectivity index (χ1) is 6.75. The molecular formula is C9H16N4O. The Bertz CT molecular complexity index is 252. The third kappa shape index (κ3) is 1.24. The maximum absolute atomic E-state index is 11.9. The van der Waals surface area contributed by atoms with Gasteiger partial charge >= 0.3 is 0 Å². The normalized spacial score (nSPS) is 41.5. The highest BCUT2D eigenvalue weighted by Crippen LogP contribution is 2.30. The molecule has 1 amide bonds. The van der Waals surface area contributed by atoms with Gasteiger partial charge in [0.05, 0.1) is 6.04 Å². The SMILES string of the molecule is NN1CC2CCC(C1)N2C(=O)[C@@H]1CN1. The Morgan fingerprint density at radius 1 is 1.29 bits per heavy atom. The second kappa shape index (κ2) is 2.92. The Kier molecular flexibility index (Phi) is 1.80. The van der Waals surface area contributed by atoms with E-state index in [1.807, 2.05) is 5.01 Å². The molecule has 0 radical (unpaired) electrons. The molecular weight excluding hydrogens is 180 g/mol. The largest absolute Gasteiger partial charge is 0.333 e. The zero-order valence-corrected chi connectivity index (χ0v) is 8.15. The van der Waals surface area contributed by atoms with Gasteiger partial charge in [-0.1, -0.05) is 0 Å². The maximum atomic E-state index is 11.9. The molecule has 14 heavy (non-hydrogen) atoms. The third-order valence-electron chi connectivity index (χ3n) is 3.47. The number of hydrogen-bond acceptors (Lipinski definition) is 4. The fraction of sp³-hybridized carbons (Fsp3) is 0.889. The smallest absolute Gasteiger partial charge is 0.241 e. The summed E-state index contributed by atoms with van der Waals surface area (Å²) in [5.74, 6) is 6.09. The Labute approximate surface area is 83.2 Å². The van der Waals surface area contributed by atoms with Crippen molar-refractivity contribution < 1.29 is 4.79 Å². The quantitative estimate of drug-likeness (QED) is 0.396. The van der Waals surface area contributed by atoms with E-state index in [4.69, 9.17) is 5.84 Å². The number of carbonyl (C=O) groups excluding carboxylic acids is 1. The van der Waals surface area contributed by atoms with Crippen LogP contribution in [0, 0.1) is 0 Å². The van der Waals surface area contributed by atoms with Crippen LogP contribution in [0.1, 0.15) is 12.8 Å². The van der Waals surface area contributed by atoms with Crippen molar-refractivity contribution >= 4 is 5.91 Å². The van der Waals surface area contributed by atoms with Crippen LogP contribution in [0.2, 0.25) is 0 Å². The Hall–Kier alpha value is -0.650. The van der Waals surface area contributed by atoms with Crippen LogP contribution >= 0.6 is 0 Å². The first-order valence-corrected chi connectivity index (χ1v) is 5.31. The topological polar surface area (TPSA) is 71.5 Å². The molecule has 2 unspecified atom stereocenters. The molecule has 0 aromatic rings. The van der Waals surface area contributed by atoms with Crippen LogP contribution in [0.5, 0.6) is 0 Å². The molecule has 3 fully saturated rings. The van der Waals surface area contributed by atoms with Crippen molar-refractivity contribution in [1.82, 2.24) is 15.2 Å². The third-order valence-corrected chi connectivity index (χ3v) is 3.47. The Morgan fingerprint density at radius 2 is 1.86 bits per heavy atom.